The van der Waals surface area contributed by atoms with Crippen molar-refractivity contribution in [3.63, 3.8) is 0 Å². The van der Waals surface area contributed by atoms with Crippen molar-refractivity contribution in [2.24, 2.45) is 11.7 Å². The molecule has 1 heterocycles. The van der Waals surface area contributed by atoms with Gasteiger partial charge >= 0.3 is 0 Å². The summed E-state index contributed by atoms with van der Waals surface area (Å²) < 4.78 is 0. The molecule has 1 fully saturated rings. The third-order valence-electron chi connectivity index (χ3n) is 5.43. The second-order valence-corrected chi connectivity index (χ2v) is 6.79. The molecule has 0 spiro atoms. The summed E-state index contributed by atoms with van der Waals surface area (Å²) in [6, 6.07) is 6.24. The number of likely N-dealkylation sites (N-methyl/N-ethyl adjacent to an activating group) is 1. The van der Waals surface area contributed by atoms with Crippen molar-refractivity contribution < 1.29 is 5.11 Å². The van der Waals surface area contributed by atoms with E-state index in [0.29, 0.717) is 17.7 Å². The number of fused-ring (bicyclic) bond motifs is 1. The molecule has 3 unspecified atom stereocenters. The number of benzene rings is 1. The van der Waals surface area contributed by atoms with Crippen molar-refractivity contribution in [2.45, 2.75) is 44.2 Å². The minimum atomic E-state index is -0.211. The maximum Gasteiger partial charge on any atom is 0.118 e. The molecule has 3 rings (SSSR count). The smallest absolute Gasteiger partial charge is 0.118 e. The van der Waals surface area contributed by atoms with Gasteiger partial charge in [-0.1, -0.05) is 24.3 Å². The number of likely N-dealkylation sites (tertiary alicyclic amines) is 1. The topological polar surface area (TPSA) is 49.5 Å². The Labute approximate surface area is 127 Å². The van der Waals surface area contributed by atoms with E-state index in [2.05, 4.69) is 30.2 Å². The summed E-state index contributed by atoms with van der Waals surface area (Å²) in [6.07, 6.45) is 9.03. The molecule has 1 saturated heterocycles. The van der Waals surface area contributed by atoms with E-state index < -0.39 is 0 Å². The summed E-state index contributed by atoms with van der Waals surface area (Å²) in [6.45, 7) is 3.07. The van der Waals surface area contributed by atoms with Gasteiger partial charge in [0.25, 0.3) is 0 Å². The quantitative estimate of drug-likeness (QED) is 0.822. The highest BCUT2D eigenvalue weighted by atomic mass is 16.3. The van der Waals surface area contributed by atoms with Gasteiger partial charge in [-0.25, -0.2) is 0 Å². The molecule has 0 aromatic heterocycles. The molecule has 3 heteroatoms. The molecule has 0 saturated carbocycles. The third-order valence-corrected chi connectivity index (χ3v) is 5.43. The fourth-order valence-corrected chi connectivity index (χ4v) is 4.05. The second kappa shape index (κ2) is 5.47. The third kappa shape index (κ3) is 2.60. The summed E-state index contributed by atoms with van der Waals surface area (Å²) in [5.74, 6) is 0.968. The van der Waals surface area contributed by atoms with Crippen molar-refractivity contribution in [3.8, 4) is 5.75 Å². The fourth-order valence-electron chi connectivity index (χ4n) is 4.05. The summed E-state index contributed by atoms with van der Waals surface area (Å²) in [4.78, 5) is 2.41. The first kappa shape index (κ1) is 14.6. The summed E-state index contributed by atoms with van der Waals surface area (Å²) >= 11 is 0. The lowest BCUT2D eigenvalue weighted by Gasteiger charge is -2.51. The van der Waals surface area contributed by atoms with Gasteiger partial charge in [0, 0.05) is 6.04 Å². The zero-order chi connectivity index (χ0) is 15.0. The Kier molecular flexibility index (Phi) is 3.80. The van der Waals surface area contributed by atoms with Crippen molar-refractivity contribution in [2.75, 3.05) is 13.6 Å². The maximum atomic E-state index is 9.69. The summed E-state index contributed by atoms with van der Waals surface area (Å²) in [5.41, 5.74) is 8.82. The lowest BCUT2D eigenvalue weighted by molar-refractivity contribution is 0.0630. The number of hydrogen-bond acceptors (Lipinski definition) is 3. The fraction of sp³-hybridized carbons (Fsp3) is 0.556. The van der Waals surface area contributed by atoms with Gasteiger partial charge in [0.05, 0.1) is 5.54 Å². The van der Waals surface area contributed by atoms with Crippen LogP contribution in [-0.4, -0.2) is 35.2 Å². The van der Waals surface area contributed by atoms with E-state index in [1.807, 2.05) is 13.0 Å². The van der Waals surface area contributed by atoms with Crippen LogP contribution >= 0.6 is 0 Å². The first-order valence-electron chi connectivity index (χ1n) is 7.96. The van der Waals surface area contributed by atoms with Crippen molar-refractivity contribution >= 4 is 0 Å². The Morgan fingerprint density at radius 2 is 2.19 bits per heavy atom. The molecule has 0 radical (unpaired) electrons. The van der Waals surface area contributed by atoms with Gasteiger partial charge in [-0.2, -0.15) is 0 Å². The Bertz CT molecular complexity index is 554. The number of hydrogen-bond donors (Lipinski definition) is 2. The molecule has 1 aliphatic heterocycles. The minimum Gasteiger partial charge on any atom is -0.508 e. The number of aromatic hydroxyl groups is 1. The molecule has 1 aliphatic carbocycles. The maximum absolute atomic E-state index is 9.69. The van der Waals surface area contributed by atoms with E-state index in [4.69, 9.17) is 5.73 Å². The van der Waals surface area contributed by atoms with Gasteiger partial charge in [0.15, 0.2) is 0 Å². The van der Waals surface area contributed by atoms with E-state index in [-0.39, 0.29) is 5.54 Å². The Balaban J connectivity index is 1.88. The first-order chi connectivity index (χ1) is 10.0. The van der Waals surface area contributed by atoms with Crippen LogP contribution in [0.5, 0.6) is 5.75 Å². The number of aryl methyl sites for hydroxylation is 1. The van der Waals surface area contributed by atoms with Crippen LogP contribution in [0.25, 0.3) is 0 Å². The highest BCUT2D eigenvalue weighted by Crippen LogP contribution is 2.39. The normalized spacial score (nSPS) is 32.9. The highest BCUT2D eigenvalue weighted by molar-refractivity contribution is 5.36. The van der Waals surface area contributed by atoms with Crippen molar-refractivity contribution in [1.29, 1.82) is 0 Å². The molecule has 0 amide bonds. The SMILES string of the molecule is Cc1cc(CC2N(C)CCC3CCC=CC32N)ccc1O. The predicted octanol–water partition coefficient (Wildman–Crippen LogP) is 2.61. The van der Waals surface area contributed by atoms with Crippen LogP contribution < -0.4 is 5.73 Å². The minimum absolute atomic E-state index is 0.211. The average molecular weight is 286 g/mol. The van der Waals surface area contributed by atoms with E-state index in [0.717, 1.165) is 18.5 Å². The van der Waals surface area contributed by atoms with Crippen LogP contribution in [0.15, 0.2) is 30.4 Å². The van der Waals surface area contributed by atoms with Gasteiger partial charge in [-0.15, -0.1) is 0 Å². The van der Waals surface area contributed by atoms with Crippen LogP contribution in [0.3, 0.4) is 0 Å². The molecule has 3 N–H and O–H groups in total. The van der Waals surface area contributed by atoms with Crippen molar-refractivity contribution in [1.82, 2.24) is 4.90 Å². The van der Waals surface area contributed by atoms with Gasteiger partial charge in [0.1, 0.15) is 5.75 Å². The average Bonchev–Trinajstić information content (AvgIpc) is 2.46. The van der Waals surface area contributed by atoms with E-state index in [1.54, 1.807) is 6.07 Å². The second-order valence-electron chi connectivity index (χ2n) is 6.79. The summed E-state index contributed by atoms with van der Waals surface area (Å²) in [5, 5.41) is 9.69. The molecule has 2 aliphatic rings. The molecule has 1 aromatic carbocycles. The lowest BCUT2D eigenvalue weighted by atomic mass is 9.67. The molecule has 1 aromatic rings. The van der Waals surface area contributed by atoms with Gasteiger partial charge < -0.3 is 15.7 Å². The van der Waals surface area contributed by atoms with Crippen LogP contribution in [0, 0.1) is 12.8 Å². The predicted molar refractivity (Wildman–Crippen MR) is 86.4 cm³/mol. The summed E-state index contributed by atoms with van der Waals surface area (Å²) in [7, 11) is 2.19. The molecule has 3 nitrogen and oxygen atoms in total. The molecular weight excluding hydrogens is 260 g/mol. The number of rotatable bonds is 2. The number of piperidine rings is 1. The lowest BCUT2D eigenvalue weighted by Crippen LogP contribution is -2.65. The molecule has 21 heavy (non-hydrogen) atoms. The van der Waals surface area contributed by atoms with Gasteiger partial charge in [-0.05, 0) is 69.3 Å². The van der Waals surface area contributed by atoms with Gasteiger partial charge in [-0.3, -0.25) is 0 Å². The zero-order valence-corrected chi connectivity index (χ0v) is 13.0. The molecule has 0 bridgehead atoms. The number of phenolic OH excluding ortho intramolecular Hbond substituents is 1. The molecule has 114 valence electrons. The van der Waals surface area contributed by atoms with Crippen LogP contribution in [0.4, 0.5) is 0 Å². The van der Waals surface area contributed by atoms with E-state index >= 15 is 0 Å². The number of nitrogens with two attached hydrogens (primary N) is 1. The Morgan fingerprint density at radius 1 is 1.38 bits per heavy atom. The number of allylic oxidation sites excluding steroid dienone is 1. The van der Waals surface area contributed by atoms with Crippen LogP contribution in [0.1, 0.15) is 30.4 Å². The molecular formula is C18H26N2O. The highest BCUT2D eigenvalue weighted by Gasteiger charge is 2.45. The van der Waals surface area contributed by atoms with Crippen LogP contribution in [0.2, 0.25) is 0 Å². The van der Waals surface area contributed by atoms with E-state index in [9.17, 15) is 5.11 Å². The largest absolute Gasteiger partial charge is 0.508 e. The monoisotopic (exact) mass is 286 g/mol. The first-order valence-corrected chi connectivity index (χ1v) is 7.96. The standard InChI is InChI=1S/C18H26N2O/c1-13-11-14(6-7-16(13)21)12-17-18(19)9-4-3-5-15(18)8-10-20(17)2/h4,6-7,9,11,15,17,21H,3,5,8,10,12,19H2,1-2H3. The number of nitrogens with zero attached hydrogens (tertiary/aromatic N) is 1. The Hall–Kier alpha value is -1.32. The van der Waals surface area contributed by atoms with E-state index in [1.165, 1.54) is 24.8 Å². The van der Waals surface area contributed by atoms with Crippen molar-refractivity contribution in [3.05, 3.63) is 41.5 Å². The Morgan fingerprint density at radius 3 is 2.95 bits per heavy atom. The molecule has 3 atom stereocenters. The van der Waals surface area contributed by atoms with Gasteiger partial charge in [0.2, 0.25) is 0 Å². The number of phenols is 1. The zero-order valence-electron chi connectivity index (χ0n) is 13.0. The van der Waals surface area contributed by atoms with Crippen LogP contribution in [-0.2, 0) is 6.42 Å².